The van der Waals surface area contributed by atoms with Crippen LogP contribution in [0.1, 0.15) is 64.1 Å². The largest absolute Gasteiger partial charge is 0.425 e. The molecule has 0 amide bonds. The van der Waals surface area contributed by atoms with Crippen molar-refractivity contribution in [3.05, 3.63) is 42.5 Å². The molecule has 5 nitrogen and oxygen atoms in total. The van der Waals surface area contributed by atoms with E-state index in [2.05, 4.69) is 16.9 Å². The summed E-state index contributed by atoms with van der Waals surface area (Å²) in [6.45, 7) is 2.87. The van der Waals surface area contributed by atoms with Gasteiger partial charge in [0, 0.05) is 31.0 Å². The lowest BCUT2D eigenvalue weighted by atomic mass is 10.1. The van der Waals surface area contributed by atoms with Crippen LogP contribution in [0.2, 0.25) is 0 Å². The highest BCUT2D eigenvalue weighted by Crippen LogP contribution is 2.23. The second-order valence-electron chi connectivity index (χ2n) is 7.35. The van der Waals surface area contributed by atoms with Crippen molar-refractivity contribution >= 4 is 5.97 Å². The molecule has 1 aliphatic rings. The van der Waals surface area contributed by atoms with Crippen LogP contribution in [0.25, 0.3) is 11.1 Å². The number of esters is 1. The van der Waals surface area contributed by atoms with Crippen LogP contribution in [-0.2, 0) is 16.0 Å². The Labute approximate surface area is 167 Å². The fourth-order valence-electron chi connectivity index (χ4n) is 3.36. The number of aromatic nitrogens is 2. The lowest BCUT2D eigenvalue weighted by molar-refractivity contribution is -0.144. The molecule has 2 aromatic rings. The molecule has 0 N–H and O–H groups in total. The van der Waals surface area contributed by atoms with Crippen LogP contribution in [0.3, 0.4) is 0 Å². The number of ether oxygens (including phenoxy) is 2. The summed E-state index contributed by atoms with van der Waals surface area (Å²) in [6, 6.07) is 7.44. The Morgan fingerprint density at radius 1 is 1.04 bits per heavy atom. The van der Waals surface area contributed by atoms with E-state index in [4.69, 9.17) is 9.47 Å². The van der Waals surface area contributed by atoms with Gasteiger partial charge in [0.2, 0.25) is 0 Å². The van der Waals surface area contributed by atoms with Gasteiger partial charge in [0.1, 0.15) is 11.6 Å². The van der Waals surface area contributed by atoms with E-state index in [9.17, 15) is 4.79 Å². The summed E-state index contributed by atoms with van der Waals surface area (Å²) in [7, 11) is 0. The molecule has 0 spiro atoms. The number of carbonyl (C=O) groups excluding carboxylic acids is 1. The lowest BCUT2D eigenvalue weighted by Crippen LogP contribution is -2.24. The van der Waals surface area contributed by atoms with Crippen molar-refractivity contribution in [2.45, 2.75) is 70.8 Å². The average Bonchev–Trinajstić information content (AvgIpc) is 3.27. The van der Waals surface area contributed by atoms with E-state index in [1.807, 2.05) is 24.5 Å². The SMILES string of the molecule is CCCCCCCCc1ncc(-c2ccc(OC(=O)C3CCCO3)cc2)cn1. The zero-order valence-corrected chi connectivity index (χ0v) is 16.7. The summed E-state index contributed by atoms with van der Waals surface area (Å²) in [5.41, 5.74) is 1.96. The van der Waals surface area contributed by atoms with Crippen LogP contribution in [0.5, 0.6) is 5.75 Å². The van der Waals surface area contributed by atoms with Gasteiger partial charge in [-0.1, -0.05) is 51.2 Å². The molecular weight excluding hydrogens is 352 g/mol. The van der Waals surface area contributed by atoms with Crippen molar-refractivity contribution in [2.24, 2.45) is 0 Å². The van der Waals surface area contributed by atoms with Gasteiger partial charge in [-0.05, 0) is 37.0 Å². The smallest absolute Gasteiger partial charge is 0.340 e. The van der Waals surface area contributed by atoms with Crippen molar-refractivity contribution in [2.75, 3.05) is 6.61 Å². The molecular formula is C23H30N2O3. The quantitative estimate of drug-likeness (QED) is 0.324. The first-order valence-corrected chi connectivity index (χ1v) is 10.5. The van der Waals surface area contributed by atoms with Gasteiger partial charge in [-0.25, -0.2) is 14.8 Å². The predicted molar refractivity (Wildman–Crippen MR) is 109 cm³/mol. The summed E-state index contributed by atoms with van der Waals surface area (Å²) in [6.07, 6.45) is 13.5. The number of aryl methyl sites for hydroxylation is 1. The third-order valence-electron chi connectivity index (χ3n) is 5.06. The van der Waals surface area contributed by atoms with Gasteiger partial charge in [0.15, 0.2) is 6.10 Å². The maximum atomic E-state index is 12.0. The Balaban J connectivity index is 1.47. The van der Waals surface area contributed by atoms with Gasteiger partial charge >= 0.3 is 5.97 Å². The highest BCUT2D eigenvalue weighted by atomic mass is 16.6. The summed E-state index contributed by atoms with van der Waals surface area (Å²) in [5.74, 6) is 1.12. The summed E-state index contributed by atoms with van der Waals surface area (Å²) in [5, 5.41) is 0. The predicted octanol–water partition coefficient (Wildman–Crippen LogP) is 5.13. The normalized spacial score (nSPS) is 16.2. The minimum absolute atomic E-state index is 0.312. The Morgan fingerprint density at radius 3 is 2.43 bits per heavy atom. The van der Waals surface area contributed by atoms with Gasteiger partial charge < -0.3 is 9.47 Å². The molecule has 1 saturated heterocycles. The van der Waals surface area contributed by atoms with Crippen molar-refractivity contribution in [3.63, 3.8) is 0 Å². The Bertz CT molecular complexity index is 723. The monoisotopic (exact) mass is 382 g/mol. The molecule has 1 aromatic carbocycles. The Morgan fingerprint density at radius 2 is 1.75 bits per heavy atom. The lowest BCUT2D eigenvalue weighted by Gasteiger charge is -2.10. The van der Waals surface area contributed by atoms with E-state index in [-0.39, 0.29) is 5.97 Å². The second kappa shape index (κ2) is 10.9. The Kier molecular flexibility index (Phi) is 7.97. The van der Waals surface area contributed by atoms with E-state index in [1.54, 1.807) is 12.1 Å². The van der Waals surface area contributed by atoms with Crippen LogP contribution in [0.15, 0.2) is 36.7 Å². The van der Waals surface area contributed by atoms with Crippen LogP contribution in [0.4, 0.5) is 0 Å². The van der Waals surface area contributed by atoms with E-state index in [0.29, 0.717) is 12.4 Å². The average molecular weight is 383 g/mol. The van der Waals surface area contributed by atoms with Gasteiger partial charge in [0.25, 0.3) is 0 Å². The summed E-state index contributed by atoms with van der Waals surface area (Å²) >= 11 is 0. The molecule has 1 aliphatic heterocycles. The van der Waals surface area contributed by atoms with E-state index >= 15 is 0 Å². The van der Waals surface area contributed by atoms with Crippen LogP contribution in [0, 0.1) is 0 Å². The third-order valence-corrected chi connectivity index (χ3v) is 5.06. The maximum absolute atomic E-state index is 12.0. The zero-order valence-electron chi connectivity index (χ0n) is 16.7. The summed E-state index contributed by atoms with van der Waals surface area (Å²) in [4.78, 5) is 21.0. The minimum atomic E-state index is -0.424. The molecule has 1 fully saturated rings. The Hall–Kier alpha value is -2.27. The molecule has 0 bridgehead atoms. The molecule has 5 heteroatoms. The van der Waals surface area contributed by atoms with Gasteiger partial charge in [-0.2, -0.15) is 0 Å². The minimum Gasteiger partial charge on any atom is -0.425 e. The number of nitrogens with zero attached hydrogens (tertiary/aromatic N) is 2. The number of hydrogen-bond donors (Lipinski definition) is 0. The molecule has 28 heavy (non-hydrogen) atoms. The standard InChI is InChI=1S/C23H30N2O3/c1-2-3-4-5-6-7-10-22-24-16-19(17-25-22)18-11-13-20(14-12-18)28-23(26)21-9-8-15-27-21/h11-14,16-17,21H,2-10,15H2,1H3. The first-order chi connectivity index (χ1) is 13.8. The fourth-order valence-corrected chi connectivity index (χ4v) is 3.36. The highest BCUT2D eigenvalue weighted by Gasteiger charge is 2.25. The molecule has 0 aliphatic carbocycles. The van der Waals surface area contributed by atoms with E-state index in [0.717, 1.165) is 42.6 Å². The molecule has 150 valence electrons. The number of carbonyl (C=O) groups is 1. The number of rotatable bonds is 10. The topological polar surface area (TPSA) is 61.3 Å². The van der Waals surface area contributed by atoms with Crippen LogP contribution >= 0.6 is 0 Å². The van der Waals surface area contributed by atoms with Crippen molar-refractivity contribution < 1.29 is 14.3 Å². The second-order valence-corrected chi connectivity index (χ2v) is 7.35. The molecule has 2 heterocycles. The maximum Gasteiger partial charge on any atom is 0.340 e. The van der Waals surface area contributed by atoms with Gasteiger partial charge in [-0.3, -0.25) is 0 Å². The van der Waals surface area contributed by atoms with E-state index in [1.165, 1.54) is 32.1 Å². The van der Waals surface area contributed by atoms with Crippen LogP contribution in [-0.4, -0.2) is 28.6 Å². The highest BCUT2D eigenvalue weighted by molar-refractivity contribution is 5.77. The molecule has 1 aromatic heterocycles. The van der Waals surface area contributed by atoms with Gasteiger partial charge in [-0.15, -0.1) is 0 Å². The number of benzene rings is 1. The van der Waals surface area contributed by atoms with Crippen molar-refractivity contribution in [1.29, 1.82) is 0 Å². The van der Waals surface area contributed by atoms with Gasteiger partial charge in [0.05, 0.1) is 0 Å². The zero-order chi connectivity index (χ0) is 19.6. The molecule has 1 unspecified atom stereocenters. The van der Waals surface area contributed by atoms with Crippen molar-refractivity contribution in [1.82, 2.24) is 9.97 Å². The molecule has 0 radical (unpaired) electrons. The van der Waals surface area contributed by atoms with Crippen LogP contribution < -0.4 is 4.74 Å². The fraction of sp³-hybridized carbons (Fsp3) is 0.522. The van der Waals surface area contributed by atoms with E-state index < -0.39 is 6.10 Å². The van der Waals surface area contributed by atoms with Crippen molar-refractivity contribution in [3.8, 4) is 16.9 Å². The summed E-state index contributed by atoms with van der Waals surface area (Å²) < 4.78 is 10.7. The number of hydrogen-bond acceptors (Lipinski definition) is 5. The molecule has 0 saturated carbocycles. The first-order valence-electron chi connectivity index (χ1n) is 10.5. The first kappa shape index (κ1) is 20.5. The third kappa shape index (κ3) is 6.13. The molecule has 3 rings (SSSR count). The number of unbranched alkanes of at least 4 members (excludes halogenated alkanes) is 5. The molecule has 1 atom stereocenters.